The molecule has 1 aromatic rings. The molecule has 1 aromatic heterocycles. The van der Waals surface area contributed by atoms with Gasteiger partial charge in [-0.2, -0.15) is 0 Å². The number of aryl methyl sites for hydroxylation is 1. The standard InChI is InChI=1S/C12H20N4O/c1-10-6-12(17-14-10)9-15-7-11(8-15)16-4-2-13-3-5-16/h6,11,13H,2-5,7-9H2,1H3. The molecule has 0 saturated carbocycles. The van der Waals surface area contributed by atoms with Crippen molar-refractivity contribution in [3.8, 4) is 0 Å². The molecule has 0 radical (unpaired) electrons. The Balaban J connectivity index is 1.45. The van der Waals surface area contributed by atoms with Gasteiger partial charge in [-0.05, 0) is 6.92 Å². The zero-order chi connectivity index (χ0) is 11.7. The van der Waals surface area contributed by atoms with Crippen molar-refractivity contribution in [2.75, 3.05) is 39.3 Å². The number of rotatable bonds is 3. The Kier molecular flexibility index (Phi) is 3.13. The summed E-state index contributed by atoms with van der Waals surface area (Å²) in [6, 6.07) is 2.78. The Morgan fingerprint density at radius 2 is 2.18 bits per heavy atom. The molecule has 17 heavy (non-hydrogen) atoms. The molecule has 3 rings (SSSR count). The van der Waals surface area contributed by atoms with Gasteiger partial charge >= 0.3 is 0 Å². The summed E-state index contributed by atoms with van der Waals surface area (Å²) in [4.78, 5) is 5.02. The highest BCUT2D eigenvalue weighted by Gasteiger charge is 2.32. The minimum atomic E-state index is 0.751. The van der Waals surface area contributed by atoms with E-state index in [2.05, 4.69) is 20.3 Å². The molecule has 0 amide bonds. The molecular weight excluding hydrogens is 216 g/mol. The first-order valence-electron chi connectivity index (χ1n) is 6.40. The van der Waals surface area contributed by atoms with Gasteiger partial charge in [-0.3, -0.25) is 9.80 Å². The zero-order valence-corrected chi connectivity index (χ0v) is 10.4. The number of piperazine rings is 1. The average molecular weight is 236 g/mol. The smallest absolute Gasteiger partial charge is 0.150 e. The van der Waals surface area contributed by atoms with Crippen molar-refractivity contribution in [2.24, 2.45) is 0 Å². The van der Waals surface area contributed by atoms with E-state index >= 15 is 0 Å². The highest BCUT2D eigenvalue weighted by molar-refractivity contribution is 5.04. The molecular formula is C12H20N4O. The third kappa shape index (κ3) is 2.51. The van der Waals surface area contributed by atoms with Crippen molar-refractivity contribution in [2.45, 2.75) is 19.5 Å². The van der Waals surface area contributed by atoms with Gasteiger partial charge in [0.15, 0.2) is 5.76 Å². The summed E-state index contributed by atoms with van der Waals surface area (Å²) < 4.78 is 5.24. The van der Waals surface area contributed by atoms with Crippen LogP contribution in [0.25, 0.3) is 0 Å². The molecule has 2 aliphatic rings. The highest BCUT2D eigenvalue weighted by Crippen LogP contribution is 2.18. The molecule has 0 aliphatic carbocycles. The Hall–Kier alpha value is -0.910. The Morgan fingerprint density at radius 3 is 2.82 bits per heavy atom. The van der Waals surface area contributed by atoms with Crippen LogP contribution in [-0.4, -0.2) is 60.3 Å². The molecule has 5 heteroatoms. The summed E-state index contributed by atoms with van der Waals surface area (Å²) in [5, 5.41) is 7.31. The van der Waals surface area contributed by atoms with Crippen LogP contribution in [0, 0.1) is 6.92 Å². The quantitative estimate of drug-likeness (QED) is 0.805. The number of hydrogen-bond donors (Lipinski definition) is 1. The van der Waals surface area contributed by atoms with Crippen LogP contribution in [0.1, 0.15) is 11.5 Å². The van der Waals surface area contributed by atoms with Gasteiger partial charge in [-0.25, -0.2) is 0 Å². The average Bonchev–Trinajstić information content (AvgIpc) is 2.70. The van der Waals surface area contributed by atoms with Crippen LogP contribution in [0.4, 0.5) is 0 Å². The van der Waals surface area contributed by atoms with Gasteiger partial charge in [0.2, 0.25) is 0 Å². The van der Waals surface area contributed by atoms with Gasteiger partial charge in [0.25, 0.3) is 0 Å². The first-order valence-corrected chi connectivity index (χ1v) is 6.40. The van der Waals surface area contributed by atoms with E-state index in [-0.39, 0.29) is 0 Å². The predicted molar refractivity (Wildman–Crippen MR) is 64.7 cm³/mol. The van der Waals surface area contributed by atoms with Crippen molar-refractivity contribution in [1.82, 2.24) is 20.3 Å². The maximum absolute atomic E-state index is 5.24. The van der Waals surface area contributed by atoms with E-state index in [1.54, 1.807) is 0 Å². The van der Waals surface area contributed by atoms with Gasteiger partial charge in [-0.15, -0.1) is 0 Å². The maximum atomic E-state index is 5.24. The normalized spacial score (nSPS) is 23.8. The van der Waals surface area contributed by atoms with Gasteiger partial charge in [0.1, 0.15) is 0 Å². The van der Waals surface area contributed by atoms with Gasteiger partial charge in [-0.1, -0.05) is 5.16 Å². The highest BCUT2D eigenvalue weighted by atomic mass is 16.5. The van der Waals surface area contributed by atoms with Crippen LogP contribution < -0.4 is 5.32 Å². The molecule has 2 aliphatic heterocycles. The van der Waals surface area contributed by atoms with Gasteiger partial charge in [0.05, 0.1) is 12.2 Å². The predicted octanol–water partition coefficient (Wildman–Crippen LogP) is 0.0724. The van der Waals surface area contributed by atoms with E-state index in [1.807, 2.05) is 13.0 Å². The monoisotopic (exact) mass is 236 g/mol. The molecule has 0 bridgehead atoms. The van der Waals surface area contributed by atoms with E-state index in [0.717, 1.165) is 37.1 Å². The fourth-order valence-electron chi connectivity index (χ4n) is 2.66. The van der Waals surface area contributed by atoms with E-state index in [0.29, 0.717) is 0 Å². The third-order valence-corrected chi connectivity index (χ3v) is 3.66. The van der Waals surface area contributed by atoms with Crippen LogP contribution >= 0.6 is 0 Å². The fourth-order valence-corrected chi connectivity index (χ4v) is 2.66. The summed E-state index contributed by atoms with van der Waals surface area (Å²) in [6.45, 7) is 9.87. The molecule has 0 spiro atoms. The third-order valence-electron chi connectivity index (χ3n) is 3.66. The van der Waals surface area contributed by atoms with E-state index < -0.39 is 0 Å². The minimum Gasteiger partial charge on any atom is -0.360 e. The summed E-state index contributed by atoms with van der Waals surface area (Å²) in [7, 11) is 0. The lowest BCUT2D eigenvalue weighted by Gasteiger charge is -2.46. The zero-order valence-electron chi connectivity index (χ0n) is 10.4. The van der Waals surface area contributed by atoms with Crippen LogP contribution in [0.15, 0.2) is 10.6 Å². The molecule has 0 aromatic carbocycles. The summed E-state index contributed by atoms with van der Waals surface area (Å²) >= 11 is 0. The van der Waals surface area contributed by atoms with Crippen molar-refractivity contribution in [3.05, 3.63) is 17.5 Å². The summed E-state index contributed by atoms with van der Waals surface area (Å²) in [5.74, 6) is 0.987. The van der Waals surface area contributed by atoms with Gasteiger partial charge in [0, 0.05) is 51.4 Å². The van der Waals surface area contributed by atoms with Crippen LogP contribution in [0.3, 0.4) is 0 Å². The van der Waals surface area contributed by atoms with Crippen LogP contribution in [0.2, 0.25) is 0 Å². The molecule has 2 saturated heterocycles. The van der Waals surface area contributed by atoms with Crippen molar-refractivity contribution < 1.29 is 4.52 Å². The van der Waals surface area contributed by atoms with Crippen molar-refractivity contribution in [1.29, 1.82) is 0 Å². The molecule has 5 nitrogen and oxygen atoms in total. The number of likely N-dealkylation sites (tertiary alicyclic amines) is 1. The summed E-state index contributed by atoms with van der Waals surface area (Å²) in [6.07, 6.45) is 0. The fraction of sp³-hybridized carbons (Fsp3) is 0.750. The molecule has 3 heterocycles. The van der Waals surface area contributed by atoms with Gasteiger partial charge < -0.3 is 9.84 Å². The SMILES string of the molecule is Cc1cc(CN2CC(N3CCNCC3)C2)on1. The van der Waals surface area contributed by atoms with Crippen LogP contribution in [0.5, 0.6) is 0 Å². The Bertz CT molecular complexity index is 366. The van der Waals surface area contributed by atoms with Crippen molar-refractivity contribution in [3.63, 3.8) is 0 Å². The molecule has 94 valence electrons. The first kappa shape index (κ1) is 11.2. The Labute approximate surface area is 102 Å². The molecule has 0 atom stereocenters. The topological polar surface area (TPSA) is 44.5 Å². The lowest BCUT2D eigenvalue weighted by atomic mass is 10.1. The number of hydrogen-bond acceptors (Lipinski definition) is 5. The second kappa shape index (κ2) is 4.76. The molecule has 2 fully saturated rings. The molecule has 1 N–H and O–H groups in total. The lowest BCUT2D eigenvalue weighted by molar-refractivity contribution is 0.0175. The van der Waals surface area contributed by atoms with E-state index in [1.165, 1.54) is 26.2 Å². The number of nitrogens with zero attached hydrogens (tertiary/aromatic N) is 3. The molecule has 0 unspecified atom stereocenters. The lowest BCUT2D eigenvalue weighted by Crippen LogP contribution is -2.62. The second-order valence-corrected chi connectivity index (χ2v) is 5.07. The van der Waals surface area contributed by atoms with Crippen LogP contribution in [-0.2, 0) is 6.54 Å². The van der Waals surface area contributed by atoms with Crippen molar-refractivity contribution >= 4 is 0 Å². The maximum Gasteiger partial charge on any atom is 0.150 e. The van der Waals surface area contributed by atoms with E-state index in [9.17, 15) is 0 Å². The largest absolute Gasteiger partial charge is 0.360 e. The second-order valence-electron chi connectivity index (χ2n) is 5.07. The Morgan fingerprint density at radius 1 is 1.41 bits per heavy atom. The first-order chi connectivity index (χ1) is 8.31. The number of nitrogens with one attached hydrogen (secondary N) is 1. The van der Waals surface area contributed by atoms with E-state index in [4.69, 9.17) is 4.52 Å². The minimum absolute atomic E-state index is 0.751. The number of aromatic nitrogens is 1. The summed E-state index contributed by atoms with van der Waals surface area (Å²) in [5.41, 5.74) is 0.971.